The van der Waals surface area contributed by atoms with Gasteiger partial charge in [0.15, 0.2) is 15.8 Å². The van der Waals surface area contributed by atoms with Gasteiger partial charge in [-0.25, -0.2) is 12.8 Å². The molecule has 154 valence electrons. The molecule has 2 N–H and O–H groups in total. The molecule has 0 amide bonds. The number of benzene rings is 2. The molecule has 0 radical (unpaired) electrons. The van der Waals surface area contributed by atoms with Crippen LogP contribution in [0.5, 0.6) is 0 Å². The molecule has 28 heavy (non-hydrogen) atoms. The molecule has 0 atom stereocenters. The van der Waals surface area contributed by atoms with E-state index in [1.807, 2.05) is 13.8 Å². The zero-order chi connectivity index (χ0) is 19.7. The number of hydrogen-bond donors (Lipinski definition) is 2. The summed E-state index contributed by atoms with van der Waals surface area (Å²) in [4.78, 5) is 4.66. The van der Waals surface area contributed by atoms with E-state index in [0.29, 0.717) is 23.9 Å². The summed E-state index contributed by atoms with van der Waals surface area (Å²) in [6.07, 6.45) is 0.721. The molecule has 8 heteroatoms. The van der Waals surface area contributed by atoms with Crippen molar-refractivity contribution in [1.82, 2.24) is 10.6 Å². The fraction of sp³-hybridized carbons (Fsp3) is 0.350. The molecule has 0 heterocycles. The van der Waals surface area contributed by atoms with Gasteiger partial charge < -0.3 is 10.6 Å². The molecule has 0 saturated heterocycles. The van der Waals surface area contributed by atoms with Gasteiger partial charge in [-0.1, -0.05) is 24.3 Å². The maximum absolute atomic E-state index is 13.2. The van der Waals surface area contributed by atoms with Crippen molar-refractivity contribution in [2.75, 3.05) is 25.4 Å². The zero-order valence-electron chi connectivity index (χ0n) is 16.1. The van der Waals surface area contributed by atoms with E-state index in [1.54, 1.807) is 36.4 Å². The van der Waals surface area contributed by atoms with Gasteiger partial charge in [0.05, 0.1) is 17.2 Å². The number of halogens is 2. The molecule has 0 fully saturated rings. The molecule has 0 aliphatic heterocycles. The van der Waals surface area contributed by atoms with Gasteiger partial charge in [-0.05, 0) is 55.7 Å². The van der Waals surface area contributed by atoms with Crippen molar-refractivity contribution in [3.63, 3.8) is 0 Å². The highest BCUT2D eigenvalue weighted by Crippen LogP contribution is 2.11. The summed E-state index contributed by atoms with van der Waals surface area (Å²) >= 11 is 0. The van der Waals surface area contributed by atoms with Crippen molar-refractivity contribution < 1.29 is 12.8 Å². The second-order valence-corrected chi connectivity index (χ2v) is 8.25. The van der Waals surface area contributed by atoms with Crippen molar-refractivity contribution in [3.05, 3.63) is 65.5 Å². The third-order valence-corrected chi connectivity index (χ3v) is 5.78. The summed E-state index contributed by atoms with van der Waals surface area (Å²) in [5.74, 6) is 0.282. The van der Waals surface area contributed by atoms with Gasteiger partial charge in [0, 0.05) is 13.1 Å². The minimum atomic E-state index is -3.34. The lowest BCUT2D eigenvalue weighted by Gasteiger charge is -2.12. The lowest BCUT2D eigenvalue weighted by molar-refractivity contribution is 0.596. The van der Waals surface area contributed by atoms with Crippen LogP contribution in [0.25, 0.3) is 0 Å². The van der Waals surface area contributed by atoms with Crippen LogP contribution in [0.15, 0.2) is 58.4 Å². The number of hydrogen-bond acceptors (Lipinski definition) is 3. The van der Waals surface area contributed by atoms with Gasteiger partial charge in [-0.15, -0.1) is 24.0 Å². The summed E-state index contributed by atoms with van der Waals surface area (Å²) in [5.41, 5.74) is 1.97. The molecule has 2 rings (SSSR count). The highest BCUT2D eigenvalue weighted by atomic mass is 127. The number of sulfone groups is 1. The Morgan fingerprint density at radius 3 is 2.46 bits per heavy atom. The highest BCUT2D eigenvalue weighted by molar-refractivity contribution is 14.0. The van der Waals surface area contributed by atoms with Gasteiger partial charge >= 0.3 is 0 Å². The first-order valence-corrected chi connectivity index (χ1v) is 10.6. The van der Waals surface area contributed by atoms with Crippen molar-refractivity contribution in [2.45, 2.75) is 25.2 Å². The smallest absolute Gasteiger partial charge is 0.191 e. The lowest BCUT2D eigenvalue weighted by atomic mass is 10.1. The molecule has 2 aromatic rings. The van der Waals surface area contributed by atoms with E-state index in [0.717, 1.165) is 17.5 Å². The molecule has 0 spiro atoms. The number of nitrogens with zero attached hydrogens (tertiary/aromatic N) is 1. The Bertz CT molecular complexity index is 874. The van der Waals surface area contributed by atoms with Crippen LogP contribution in [0.2, 0.25) is 0 Å². The highest BCUT2D eigenvalue weighted by Gasteiger charge is 2.13. The molecule has 2 aromatic carbocycles. The second kappa shape index (κ2) is 12.0. The Morgan fingerprint density at radius 2 is 1.82 bits per heavy atom. The third kappa shape index (κ3) is 7.75. The van der Waals surface area contributed by atoms with E-state index in [9.17, 15) is 12.8 Å². The Hall–Kier alpha value is -1.68. The Morgan fingerprint density at radius 1 is 1.11 bits per heavy atom. The summed E-state index contributed by atoms with van der Waals surface area (Å²) in [6.45, 7) is 5.28. The minimum Gasteiger partial charge on any atom is -0.357 e. The molecule has 0 saturated carbocycles. The van der Waals surface area contributed by atoms with Crippen LogP contribution in [0, 0.1) is 12.7 Å². The number of nitrogens with one attached hydrogen (secondary N) is 2. The summed E-state index contributed by atoms with van der Waals surface area (Å²) < 4.78 is 37.8. The van der Waals surface area contributed by atoms with Crippen LogP contribution in [0.3, 0.4) is 0 Å². The maximum atomic E-state index is 13.2. The molecule has 0 aliphatic rings. The average molecular weight is 519 g/mol. The Kier molecular flexibility index (Phi) is 10.4. The zero-order valence-corrected chi connectivity index (χ0v) is 19.3. The van der Waals surface area contributed by atoms with E-state index >= 15 is 0 Å². The Labute approximate surface area is 183 Å². The molecular formula is C20H27FIN3O2S. The van der Waals surface area contributed by atoms with E-state index in [-0.39, 0.29) is 42.1 Å². The normalized spacial score (nSPS) is 11.6. The number of aliphatic imine (C=N–C) groups is 1. The van der Waals surface area contributed by atoms with Crippen molar-refractivity contribution in [2.24, 2.45) is 4.99 Å². The third-order valence-electron chi connectivity index (χ3n) is 4.07. The molecule has 0 aliphatic carbocycles. The van der Waals surface area contributed by atoms with Crippen LogP contribution in [-0.4, -0.2) is 39.8 Å². The van der Waals surface area contributed by atoms with E-state index in [4.69, 9.17) is 0 Å². The minimum absolute atomic E-state index is 0. The molecule has 5 nitrogen and oxygen atoms in total. The monoisotopic (exact) mass is 519 g/mol. The van der Waals surface area contributed by atoms with Gasteiger partial charge in [0.2, 0.25) is 0 Å². The fourth-order valence-corrected chi connectivity index (χ4v) is 3.76. The van der Waals surface area contributed by atoms with Gasteiger partial charge in [0.25, 0.3) is 0 Å². The molecule has 0 bridgehead atoms. The van der Waals surface area contributed by atoms with Gasteiger partial charge in [-0.3, -0.25) is 4.99 Å². The van der Waals surface area contributed by atoms with Crippen LogP contribution in [0.4, 0.5) is 4.39 Å². The summed E-state index contributed by atoms with van der Waals surface area (Å²) in [5, 5.41) is 6.29. The topological polar surface area (TPSA) is 70.6 Å². The van der Waals surface area contributed by atoms with Gasteiger partial charge in [-0.2, -0.15) is 0 Å². The van der Waals surface area contributed by atoms with Crippen LogP contribution < -0.4 is 10.6 Å². The first-order valence-electron chi connectivity index (χ1n) is 8.97. The fourth-order valence-electron chi connectivity index (χ4n) is 2.62. The SMILES string of the molecule is CCNC(=NCCS(=O)(=O)c1ccccc1)NCCc1ccc(F)cc1C.I. The summed E-state index contributed by atoms with van der Waals surface area (Å²) in [7, 11) is -3.34. The van der Waals surface area contributed by atoms with E-state index in [1.165, 1.54) is 12.1 Å². The number of aryl methyl sites for hydroxylation is 1. The van der Waals surface area contributed by atoms with Gasteiger partial charge in [0.1, 0.15) is 5.82 Å². The van der Waals surface area contributed by atoms with Crippen LogP contribution in [0.1, 0.15) is 18.1 Å². The molecule has 0 unspecified atom stereocenters. The van der Waals surface area contributed by atoms with Crippen molar-refractivity contribution >= 4 is 39.8 Å². The largest absolute Gasteiger partial charge is 0.357 e. The molecular weight excluding hydrogens is 492 g/mol. The predicted molar refractivity (Wildman–Crippen MR) is 123 cm³/mol. The summed E-state index contributed by atoms with van der Waals surface area (Å²) in [6, 6.07) is 13.1. The van der Waals surface area contributed by atoms with E-state index < -0.39 is 9.84 Å². The van der Waals surface area contributed by atoms with Crippen LogP contribution in [-0.2, 0) is 16.3 Å². The van der Waals surface area contributed by atoms with E-state index in [2.05, 4.69) is 15.6 Å². The second-order valence-electron chi connectivity index (χ2n) is 6.14. The first kappa shape index (κ1) is 24.4. The van der Waals surface area contributed by atoms with Crippen molar-refractivity contribution in [3.8, 4) is 0 Å². The van der Waals surface area contributed by atoms with Crippen molar-refractivity contribution in [1.29, 1.82) is 0 Å². The number of rotatable bonds is 8. The standard InChI is InChI=1S/C20H26FN3O2S.HI/c1-3-22-20(23-12-11-17-9-10-18(21)15-16(17)2)24-13-14-27(25,26)19-7-5-4-6-8-19;/h4-10,15H,3,11-14H2,1-2H3,(H2,22,23,24);1H. The maximum Gasteiger partial charge on any atom is 0.191 e. The number of guanidine groups is 1. The quantitative estimate of drug-likeness (QED) is 0.319. The first-order chi connectivity index (χ1) is 12.9. The Balaban J connectivity index is 0.00000392. The van der Waals surface area contributed by atoms with Crippen LogP contribution >= 0.6 is 24.0 Å². The average Bonchev–Trinajstić information content (AvgIpc) is 2.64. The lowest BCUT2D eigenvalue weighted by Crippen LogP contribution is -2.38. The molecule has 0 aromatic heterocycles. The predicted octanol–water partition coefficient (Wildman–Crippen LogP) is 3.32.